The Bertz CT molecular complexity index is 1340. The lowest BCUT2D eigenvalue weighted by molar-refractivity contribution is -0.944. The van der Waals surface area contributed by atoms with Crippen LogP contribution in [0.1, 0.15) is 148 Å². The van der Waals surface area contributed by atoms with Gasteiger partial charge in [0.25, 0.3) is 13.7 Å². The smallest absolute Gasteiger partial charge is 0.513 e. The molecule has 0 fully saturated rings. The average Bonchev–Trinajstić information content (AvgIpc) is 3.62. The maximum atomic E-state index is 13.2. The number of carbonyl (C=O) groups is 2. The predicted molar refractivity (Wildman–Crippen MR) is 223 cm³/mol. The summed E-state index contributed by atoms with van der Waals surface area (Å²) in [5, 5.41) is 0. The van der Waals surface area contributed by atoms with Crippen molar-refractivity contribution in [1.82, 2.24) is 8.75 Å². The molecule has 4 unspecified atom stereocenters. The van der Waals surface area contributed by atoms with Crippen molar-refractivity contribution in [3.63, 3.8) is 0 Å². The van der Waals surface area contributed by atoms with Gasteiger partial charge in [-0.1, -0.05) is 116 Å². The quantitative estimate of drug-likeness (QED) is 0.0287. The van der Waals surface area contributed by atoms with E-state index in [1.165, 1.54) is 57.8 Å². The maximum Gasteiger partial charge on any atom is 0.513 e. The molecule has 16 heteroatoms. The molecule has 0 amide bonds. The summed E-state index contributed by atoms with van der Waals surface area (Å²) in [4.78, 5) is 38.4. The third kappa shape index (κ3) is 23.3. The molecule has 0 saturated carbocycles. The van der Waals surface area contributed by atoms with Gasteiger partial charge in [-0.2, -0.15) is 4.37 Å². The van der Waals surface area contributed by atoms with Gasteiger partial charge in [-0.15, -0.1) is 4.37 Å². The first-order valence-corrected chi connectivity index (χ1v) is 23.8. The molecule has 14 nitrogen and oxygen atoms in total. The minimum atomic E-state index is -4.74. The van der Waals surface area contributed by atoms with Crippen LogP contribution in [0.25, 0.3) is 5.57 Å². The monoisotopic (exact) mass is 848 g/mol. The Morgan fingerprint density at radius 2 is 1.44 bits per heavy atom. The van der Waals surface area contributed by atoms with Crippen LogP contribution in [-0.4, -0.2) is 116 Å². The summed E-state index contributed by atoms with van der Waals surface area (Å²) in [6.45, 7) is 7.32. The van der Waals surface area contributed by atoms with Crippen LogP contribution >= 0.6 is 19.6 Å². The predicted octanol–water partition coefficient (Wildman–Crippen LogP) is 8.83. The van der Waals surface area contributed by atoms with Gasteiger partial charge >= 0.3 is 12.1 Å². The summed E-state index contributed by atoms with van der Waals surface area (Å²) in [7, 11) is 2.97. The Balaban J connectivity index is 1.88. The zero-order chi connectivity index (χ0) is 42.0. The zero-order valence-corrected chi connectivity index (χ0v) is 38.1. The number of phosphoric acid groups is 1. The summed E-state index contributed by atoms with van der Waals surface area (Å²) in [5.74, 6) is 0.0669. The number of ether oxygens (including phenoxy) is 4. The molecule has 0 spiro atoms. The highest BCUT2D eigenvalue weighted by Crippen LogP contribution is 2.38. The zero-order valence-electron chi connectivity index (χ0n) is 36.3. The van der Waals surface area contributed by atoms with Crippen LogP contribution in [0.5, 0.6) is 5.88 Å². The summed E-state index contributed by atoms with van der Waals surface area (Å²) >= 11 is 1.11. The van der Waals surface area contributed by atoms with Crippen molar-refractivity contribution < 1.29 is 56.0 Å². The molecular formula is C41H76N4O10PS+. The highest BCUT2D eigenvalue weighted by Gasteiger charge is 2.37. The molecule has 0 radical (unpaired) electrons. The number of aromatic nitrogens is 2. The lowest BCUT2D eigenvalue weighted by atomic mass is 10.0. The number of hydrogen-bond donors (Lipinski definition) is 0. The van der Waals surface area contributed by atoms with E-state index in [-0.39, 0.29) is 13.0 Å². The molecule has 1 aliphatic rings. The van der Waals surface area contributed by atoms with Crippen molar-refractivity contribution >= 4 is 37.2 Å². The first kappa shape index (κ1) is 51.0. The van der Waals surface area contributed by atoms with Gasteiger partial charge in [0.1, 0.15) is 32.0 Å². The molecule has 0 aliphatic carbocycles. The van der Waals surface area contributed by atoms with Crippen molar-refractivity contribution in [2.24, 2.45) is 0 Å². The molecule has 0 saturated heterocycles. The van der Waals surface area contributed by atoms with E-state index in [0.717, 1.165) is 68.7 Å². The minimum absolute atomic E-state index is 0.0834. The van der Waals surface area contributed by atoms with E-state index in [9.17, 15) is 19.0 Å². The minimum Gasteiger partial charge on any atom is -0.756 e. The van der Waals surface area contributed by atoms with Gasteiger partial charge < -0.3 is 37.4 Å². The van der Waals surface area contributed by atoms with Crippen LogP contribution < -0.4 is 9.63 Å². The van der Waals surface area contributed by atoms with Gasteiger partial charge in [-0.05, 0) is 12.8 Å². The fourth-order valence-electron chi connectivity index (χ4n) is 6.45. The Labute approximate surface area is 348 Å². The van der Waals surface area contributed by atoms with Crippen molar-refractivity contribution in [2.45, 2.75) is 155 Å². The molecule has 1 aliphatic heterocycles. The largest absolute Gasteiger partial charge is 0.756 e. The number of likely N-dealkylation sites (N-methyl/N-ethyl adjacent to an activating group) is 2. The molecule has 0 N–H and O–H groups in total. The number of unbranched alkanes of at least 4 members (excludes halogenated alkanes) is 15. The molecule has 1 aromatic heterocycles. The molecule has 330 valence electrons. The first-order chi connectivity index (χ1) is 27.2. The van der Waals surface area contributed by atoms with Crippen LogP contribution in [0.4, 0.5) is 4.79 Å². The van der Waals surface area contributed by atoms with Crippen molar-refractivity contribution in [1.29, 1.82) is 0 Å². The number of nitrogens with zero attached hydrogens (tertiary/aromatic N) is 4. The lowest BCUT2D eigenvalue weighted by Crippen LogP contribution is -2.55. The Morgan fingerprint density at radius 3 is 2.05 bits per heavy atom. The Hall–Kier alpha value is -2.13. The third-order valence-corrected chi connectivity index (χ3v) is 11.8. The number of quaternary nitrogens is 2. The number of hydrogen-bond acceptors (Lipinski definition) is 13. The van der Waals surface area contributed by atoms with Gasteiger partial charge in [-0.3, -0.25) is 13.8 Å². The van der Waals surface area contributed by atoms with Gasteiger partial charge in [0.15, 0.2) is 6.10 Å². The highest BCUT2D eigenvalue weighted by atomic mass is 32.1. The number of phosphoric ester groups is 1. The molecule has 4 atom stereocenters. The fourth-order valence-corrected chi connectivity index (χ4v) is 7.71. The van der Waals surface area contributed by atoms with Gasteiger partial charge in [0, 0.05) is 25.3 Å². The molecule has 2 rings (SSSR count). The van der Waals surface area contributed by atoms with Gasteiger partial charge in [-0.25, -0.2) is 4.79 Å². The van der Waals surface area contributed by atoms with Crippen LogP contribution in [0.15, 0.2) is 6.08 Å². The van der Waals surface area contributed by atoms with Crippen molar-refractivity contribution in [3.05, 3.63) is 11.8 Å². The van der Waals surface area contributed by atoms with Gasteiger partial charge in [0.05, 0.1) is 59.7 Å². The van der Waals surface area contributed by atoms with Crippen LogP contribution in [-0.2, 0) is 32.6 Å². The normalized spacial score (nSPS) is 18.0. The van der Waals surface area contributed by atoms with Gasteiger partial charge in [0.2, 0.25) is 6.23 Å². The standard InChI is InChI=1S/C41H76N4O10PS/c1-8-10-12-14-15-16-17-18-19-20-21-22-23-27-38(46)51-33-37(34-53-56(48,49)52-31-29-44(4,5)6)55-41(47)54-35(3)45(7)28-25-26-36(32-45)39-40(43-57-42-39)50-30-24-13-11-9-2/h26,35,37H,8-25,27-34H2,1-7H3/q+1. The summed E-state index contributed by atoms with van der Waals surface area (Å²) < 4.78 is 55.1. The topological polar surface area (TPSA) is 155 Å². The number of rotatable bonds is 33. The second-order valence-electron chi connectivity index (χ2n) is 16.7. The van der Waals surface area contributed by atoms with E-state index >= 15 is 0 Å². The molecule has 1 aromatic rings. The average molecular weight is 848 g/mol. The Kier molecular flexibility index (Phi) is 25.4. The van der Waals surface area contributed by atoms with Crippen LogP contribution in [0, 0.1) is 0 Å². The van der Waals surface area contributed by atoms with E-state index in [4.69, 9.17) is 28.0 Å². The number of carbonyl (C=O) groups excluding carboxylic acids is 2. The third-order valence-electron chi connectivity index (χ3n) is 10.3. The van der Waals surface area contributed by atoms with Crippen LogP contribution in [0.3, 0.4) is 0 Å². The van der Waals surface area contributed by atoms with Crippen molar-refractivity contribution in [2.75, 3.05) is 74.3 Å². The second kappa shape index (κ2) is 28.4. The summed E-state index contributed by atoms with van der Waals surface area (Å²) in [6.07, 6.45) is 20.0. The Morgan fingerprint density at radius 1 is 0.842 bits per heavy atom. The molecule has 0 bridgehead atoms. The second-order valence-corrected chi connectivity index (χ2v) is 18.6. The maximum absolute atomic E-state index is 13.2. The SMILES string of the molecule is CCCCCCCCCCCCCCCC(=O)OCC(COP(=O)([O-])OCC[N+](C)(C)C)OC(=O)OC(C)[N+]1(C)CCC=C(c2nsnc2OCCCCCC)C1. The molecule has 57 heavy (non-hydrogen) atoms. The van der Waals surface area contributed by atoms with E-state index in [1.54, 1.807) is 6.92 Å². The fraction of sp³-hybridized carbons (Fsp3) is 0.854. The van der Waals surface area contributed by atoms with E-state index in [2.05, 4.69) is 28.7 Å². The van der Waals surface area contributed by atoms with E-state index in [0.29, 0.717) is 53.2 Å². The van der Waals surface area contributed by atoms with E-state index in [1.807, 2.05) is 28.2 Å². The summed E-state index contributed by atoms with van der Waals surface area (Å²) in [5.41, 5.74) is 1.67. The van der Waals surface area contributed by atoms with Crippen LogP contribution in [0.2, 0.25) is 0 Å². The first-order valence-electron chi connectivity index (χ1n) is 21.6. The lowest BCUT2D eigenvalue weighted by Gasteiger charge is -2.41. The number of esters is 1. The molecular weight excluding hydrogens is 772 g/mol. The van der Waals surface area contributed by atoms with E-state index < -0.39 is 45.5 Å². The van der Waals surface area contributed by atoms with Crippen molar-refractivity contribution in [3.8, 4) is 5.88 Å². The summed E-state index contributed by atoms with van der Waals surface area (Å²) in [6, 6.07) is 0. The molecule has 0 aromatic carbocycles. The molecule has 2 heterocycles. The highest BCUT2D eigenvalue weighted by molar-refractivity contribution is 7.45.